The maximum Gasteiger partial charge on any atom is 0.407 e. The second-order valence-electron chi connectivity index (χ2n) is 11.6. The summed E-state index contributed by atoms with van der Waals surface area (Å²) in [6.07, 6.45) is 7.05. The molecule has 2 heterocycles. The lowest BCUT2D eigenvalue weighted by atomic mass is 10.1. The van der Waals surface area contributed by atoms with Gasteiger partial charge in [0, 0.05) is 51.4 Å². The molecule has 0 radical (unpaired) electrons. The number of ether oxygens (including phenoxy) is 5. The van der Waals surface area contributed by atoms with E-state index >= 15 is 0 Å². The summed E-state index contributed by atoms with van der Waals surface area (Å²) in [5.41, 5.74) is 0.644. The van der Waals surface area contributed by atoms with Gasteiger partial charge < -0.3 is 39.6 Å². The van der Waals surface area contributed by atoms with Gasteiger partial charge in [-0.15, -0.1) is 0 Å². The zero-order valence-corrected chi connectivity index (χ0v) is 27.0. The zero-order chi connectivity index (χ0) is 32.0. The van der Waals surface area contributed by atoms with Crippen LogP contribution < -0.4 is 20.7 Å². The van der Waals surface area contributed by atoms with Gasteiger partial charge in [0.2, 0.25) is 11.8 Å². The van der Waals surface area contributed by atoms with Crippen molar-refractivity contribution in [3.05, 3.63) is 24.0 Å². The molecule has 0 unspecified atom stereocenters. The third-order valence-electron chi connectivity index (χ3n) is 6.58. The van der Waals surface area contributed by atoms with E-state index in [9.17, 15) is 14.4 Å². The summed E-state index contributed by atoms with van der Waals surface area (Å²) in [5.74, 6) is 0.337. The van der Waals surface area contributed by atoms with Crippen molar-refractivity contribution < 1.29 is 38.1 Å². The molecule has 250 valence electrons. The number of pyridine rings is 1. The zero-order valence-electron chi connectivity index (χ0n) is 27.0. The van der Waals surface area contributed by atoms with Crippen LogP contribution in [0, 0.1) is 0 Å². The van der Waals surface area contributed by atoms with Gasteiger partial charge in [-0.2, -0.15) is 0 Å². The van der Waals surface area contributed by atoms with Crippen LogP contribution in [0.5, 0.6) is 5.75 Å². The summed E-state index contributed by atoms with van der Waals surface area (Å²) < 4.78 is 27.3. The number of nitrogens with zero attached hydrogens (tertiary/aromatic N) is 2. The molecule has 2 rings (SSSR count). The highest BCUT2D eigenvalue weighted by Crippen LogP contribution is 2.31. The van der Waals surface area contributed by atoms with E-state index < -0.39 is 11.7 Å². The van der Waals surface area contributed by atoms with Gasteiger partial charge in [-0.05, 0) is 71.7 Å². The minimum absolute atomic E-state index is 0.122. The number of hydrogen-bond acceptors (Lipinski definition) is 10. The molecule has 0 bridgehead atoms. The van der Waals surface area contributed by atoms with E-state index in [0.29, 0.717) is 90.5 Å². The minimum atomic E-state index is -0.505. The molecule has 1 fully saturated rings. The summed E-state index contributed by atoms with van der Waals surface area (Å²) >= 11 is 0. The predicted octanol–water partition coefficient (Wildman–Crippen LogP) is 2.59. The van der Waals surface area contributed by atoms with E-state index in [4.69, 9.17) is 23.7 Å². The largest absolute Gasteiger partial charge is 0.490 e. The SMILES string of the molecule is CN1CCC[C@H]1c1cncc(OCCNC(=O)CCC(=O)NCCCOCCOCCOCCCNC(=O)OC(C)(C)C)c1. The average molecular weight is 624 g/mol. The maximum atomic E-state index is 12.1. The summed E-state index contributed by atoms with van der Waals surface area (Å²) in [6, 6.07) is 2.39. The average Bonchev–Trinajstić information content (AvgIpc) is 3.41. The molecule has 1 aliphatic heterocycles. The first-order valence-electron chi connectivity index (χ1n) is 15.7. The lowest BCUT2D eigenvalue weighted by Crippen LogP contribution is -2.33. The van der Waals surface area contributed by atoms with E-state index in [1.165, 1.54) is 6.42 Å². The van der Waals surface area contributed by atoms with Crippen LogP contribution >= 0.6 is 0 Å². The van der Waals surface area contributed by atoms with Gasteiger partial charge in [0.15, 0.2) is 0 Å². The van der Waals surface area contributed by atoms with Gasteiger partial charge in [-0.3, -0.25) is 19.5 Å². The molecule has 0 aromatic carbocycles. The van der Waals surface area contributed by atoms with E-state index in [0.717, 1.165) is 18.5 Å². The molecule has 1 aliphatic rings. The first kappa shape index (κ1) is 37.2. The molecule has 0 spiro atoms. The number of nitrogens with one attached hydrogen (secondary N) is 3. The van der Waals surface area contributed by atoms with Crippen LogP contribution in [-0.2, 0) is 28.5 Å². The van der Waals surface area contributed by atoms with E-state index in [1.807, 2.05) is 33.0 Å². The lowest BCUT2D eigenvalue weighted by molar-refractivity contribution is -0.126. The second-order valence-corrected chi connectivity index (χ2v) is 11.6. The first-order chi connectivity index (χ1) is 21.1. The highest BCUT2D eigenvalue weighted by atomic mass is 16.6. The van der Waals surface area contributed by atoms with Crippen molar-refractivity contribution in [2.75, 3.05) is 79.5 Å². The lowest BCUT2D eigenvalue weighted by Gasteiger charge is -2.19. The number of likely N-dealkylation sites (tertiary alicyclic amines) is 1. The normalized spacial score (nSPS) is 15.1. The van der Waals surface area contributed by atoms with Gasteiger partial charge in [-0.1, -0.05) is 0 Å². The number of carbonyl (C=O) groups is 3. The van der Waals surface area contributed by atoms with Crippen molar-refractivity contribution in [3.63, 3.8) is 0 Å². The van der Waals surface area contributed by atoms with Crippen LogP contribution in [-0.4, -0.2) is 113 Å². The Morgan fingerprint density at radius 2 is 1.43 bits per heavy atom. The Hall–Kier alpha value is -3.00. The van der Waals surface area contributed by atoms with Gasteiger partial charge in [0.05, 0.1) is 39.2 Å². The Kier molecular flexibility index (Phi) is 18.3. The molecule has 0 aliphatic carbocycles. The van der Waals surface area contributed by atoms with Crippen LogP contribution in [0.25, 0.3) is 0 Å². The number of carbonyl (C=O) groups excluding carboxylic acids is 3. The third-order valence-corrected chi connectivity index (χ3v) is 6.58. The molecule has 3 amide bonds. The summed E-state index contributed by atoms with van der Waals surface area (Å²) in [5, 5.41) is 8.27. The molecule has 3 N–H and O–H groups in total. The number of rotatable bonds is 22. The van der Waals surface area contributed by atoms with E-state index in [1.54, 1.807) is 6.20 Å². The first-order valence-corrected chi connectivity index (χ1v) is 15.7. The number of hydrogen-bond donors (Lipinski definition) is 3. The van der Waals surface area contributed by atoms with Crippen LogP contribution in [0.2, 0.25) is 0 Å². The highest BCUT2D eigenvalue weighted by Gasteiger charge is 2.23. The Morgan fingerprint density at radius 1 is 0.841 bits per heavy atom. The van der Waals surface area contributed by atoms with Gasteiger partial charge in [0.25, 0.3) is 0 Å². The van der Waals surface area contributed by atoms with Crippen LogP contribution in [0.3, 0.4) is 0 Å². The Balaban J connectivity index is 1.33. The number of aromatic nitrogens is 1. The summed E-state index contributed by atoms with van der Waals surface area (Å²) in [6.45, 7) is 11.1. The summed E-state index contributed by atoms with van der Waals surface area (Å²) in [4.78, 5) is 42.2. The molecular weight excluding hydrogens is 570 g/mol. The molecule has 1 saturated heterocycles. The standard InChI is InChI=1S/C31H53N5O8/c1-31(2,3)44-30(39)35-12-7-16-41-19-21-42-20-18-40-15-6-11-33-28(37)9-10-29(38)34-13-17-43-26-22-25(23-32-24-26)27-8-5-14-36(27)4/h22-24,27H,5-21H2,1-4H3,(H,33,37)(H,34,38)(H,35,39)/t27-/m0/s1. The topological polar surface area (TPSA) is 150 Å². The molecule has 1 aromatic rings. The van der Waals surface area contributed by atoms with Gasteiger partial charge in [0.1, 0.15) is 18.0 Å². The minimum Gasteiger partial charge on any atom is -0.490 e. The maximum absolute atomic E-state index is 12.1. The van der Waals surface area contributed by atoms with Crippen molar-refractivity contribution in [2.45, 2.75) is 70.9 Å². The third kappa shape index (κ3) is 18.0. The predicted molar refractivity (Wildman–Crippen MR) is 166 cm³/mol. The van der Waals surface area contributed by atoms with Crippen molar-refractivity contribution in [1.29, 1.82) is 0 Å². The molecule has 1 atom stereocenters. The quantitative estimate of drug-likeness (QED) is 0.165. The fourth-order valence-corrected chi connectivity index (χ4v) is 4.41. The van der Waals surface area contributed by atoms with Crippen molar-refractivity contribution in [2.24, 2.45) is 0 Å². The number of amides is 3. The Morgan fingerprint density at radius 3 is 2.02 bits per heavy atom. The Bertz CT molecular complexity index is 975. The van der Waals surface area contributed by atoms with Crippen molar-refractivity contribution >= 4 is 17.9 Å². The molecule has 0 saturated carbocycles. The van der Waals surface area contributed by atoms with Crippen molar-refractivity contribution in [1.82, 2.24) is 25.8 Å². The van der Waals surface area contributed by atoms with E-state index in [2.05, 4.69) is 32.9 Å². The highest BCUT2D eigenvalue weighted by molar-refractivity contribution is 5.83. The monoisotopic (exact) mass is 623 g/mol. The van der Waals surface area contributed by atoms with Crippen LogP contribution in [0.4, 0.5) is 4.79 Å². The summed E-state index contributed by atoms with van der Waals surface area (Å²) in [7, 11) is 2.12. The molecule has 44 heavy (non-hydrogen) atoms. The molecule has 13 heteroatoms. The van der Waals surface area contributed by atoms with Crippen molar-refractivity contribution in [3.8, 4) is 5.75 Å². The number of alkyl carbamates (subject to hydrolysis) is 1. The Labute approximate surface area is 262 Å². The fraction of sp³-hybridized carbons (Fsp3) is 0.742. The fourth-order valence-electron chi connectivity index (χ4n) is 4.41. The van der Waals surface area contributed by atoms with Gasteiger partial charge in [-0.25, -0.2) is 4.79 Å². The van der Waals surface area contributed by atoms with Gasteiger partial charge >= 0.3 is 6.09 Å². The molecular formula is C31H53N5O8. The second kappa shape index (κ2) is 21.7. The van der Waals surface area contributed by atoms with Crippen LogP contribution in [0.15, 0.2) is 18.5 Å². The smallest absolute Gasteiger partial charge is 0.407 e. The molecule has 13 nitrogen and oxygen atoms in total. The van der Waals surface area contributed by atoms with Crippen LogP contribution in [0.1, 0.15) is 70.9 Å². The van der Waals surface area contributed by atoms with E-state index in [-0.39, 0.29) is 24.7 Å². The molecule has 1 aromatic heterocycles.